The molecule has 1 aromatic rings. The van der Waals surface area contributed by atoms with Gasteiger partial charge in [0.15, 0.2) is 17.3 Å². The zero-order chi connectivity index (χ0) is 14.6. The lowest BCUT2D eigenvalue weighted by Crippen LogP contribution is -2.40. The van der Waals surface area contributed by atoms with Crippen molar-refractivity contribution < 1.29 is 15.0 Å². The van der Waals surface area contributed by atoms with Crippen molar-refractivity contribution in [3.63, 3.8) is 0 Å². The molecule has 4 nitrogen and oxygen atoms in total. The van der Waals surface area contributed by atoms with Crippen LogP contribution in [-0.4, -0.2) is 28.1 Å². The lowest BCUT2D eigenvalue weighted by atomic mass is 9.94. The van der Waals surface area contributed by atoms with Crippen LogP contribution >= 0.6 is 0 Å². The minimum atomic E-state index is -0.260. The Labute approximate surface area is 114 Å². The highest BCUT2D eigenvalue weighted by Gasteiger charge is 2.21. The van der Waals surface area contributed by atoms with Crippen LogP contribution in [0.3, 0.4) is 0 Å². The van der Waals surface area contributed by atoms with Crippen LogP contribution in [0.15, 0.2) is 18.2 Å². The van der Waals surface area contributed by atoms with E-state index in [9.17, 15) is 15.0 Å². The summed E-state index contributed by atoms with van der Waals surface area (Å²) in [7, 11) is 0. The molecule has 106 valence electrons. The molecule has 1 unspecified atom stereocenters. The van der Waals surface area contributed by atoms with Gasteiger partial charge in [-0.2, -0.15) is 0 Å². The van der Waals surface area contributed by atoms with Crippen LogP contribution in [-0.2, 0) is 0 Å². The molecule has 0 radical (unpaired) electrons. The van der Waals surface area contributed by atoms with Gasteiger partial charge < -0.3 is 15.5 Å². The van der Waals surface area contributed by atoms with Crippen molar-refractivity contribution in [3.8, 4) is 11.5 Å². The average Bonchev–Trinajstić information content (AvgIpc) is 2.31. The van der Waals surface area contributed by atoms with E-state index in [1.165, 1.54) is 18.2 Å². The molecule has 1 atom stereocenters. The second-order valence-electron chi connectivity index (χ2n) is 5.80. The molecule has 3 N–H and O–H groups in total. The SMILES string of the molecule is CCC(CNC(C)(C)C)C(=O)c1ccc(O)c(O)c1. The van der Waals surface area contributed by atoms with Gasteiger partial charge in [0, 0.05) is 23.6 Å². The number of aromatic hydroxyl groups is 2. The van der Waals surface area contributed by atoms with Crippen LogP contribution in [0.5, 0.6) is 11.5 Å². The molecule has 1 aromatic carbocycles. The largest absolute Gasteiger partial charge is 0.504 e. The maximum Gasteiger partial charge on any atom is 0.167 e. The Morgan fingerprint density at radius 3 is 2.37 bits per heavy atom. The van der Waals surface area contributed by atoms with Gasteiger partial charge in [-0.25, -0.2) is 0 Å². The Morgan fingerprint density at radius 2 is 1.89 bits per heavy atom. The molecule has 0 saturated heterocycles. The summed E-state index contributed by atoms with van der Waals surface area (Å²) in [4.78, 5) is 12.3. The smallest absolute Gasteiger partial charge is 0.167 e. The maximum absolute atomic E-state index is 12.3. The van der Waals surface area contributed by atoms with Gasteiger partial charge in [0.05, 0.1) is 0 Å². The Kier molecular flexibility index (Phi) is 4.95. The van der Waals surface area contributed by atoms with E-state index in [1.807, 2.05) is 6.92 Å². The number of phenolic OH excluding ortho intramolecular Hbond substituents is 2. The number of phenols is 2. The first-order valence-electron chi connectivity index (χ1n) is 6.56. The zero-order valence-electron chi connectivity index (χ0n) is 12.0. The van der Waals surface area contributed by atoms with Crippen molar-refractivity contribution in [1.29, 1.82) is 0 Å². The fraction of sp³-hybridized carbons (Fsp3) is 0.533. The molecular formula is C15H23NO3. The van der Waals surface area contributed by atoms with Crippen LogP contribution < -0.4 is 5.32 Å². The van der Waals surface area contributed by atoms with Gasteiger partial charge in [-0.15, -0.1) is 0 Å². The summed E-state index contributed by atoms with van der Waals surface area (Å²) in [6, 6.07) is 4.20. The molecule has 0 saturated carbocycles. The van der Waals surface area contributed by atoms with Crippen molar-refractivity contribution in [3.05, 3.63) is 23.8 Å². The summed E-state index contributed by atoms with van der Waals surface area (Å²) in [5.74, 6) is -0.625. The number of hydrogen-bond acceptors (Lipinski definition) is 4. The summed E-state index contributed by atoms with van der Waals surface area (Å²) < 4.78 is 0. The number of hydrogen-bond donors (Lipinski definition) is 3. The van der Waals surface area contributed by atoms with Gasteiger partial charge in [0.25, 0.3) is 0 Å². The summed E-state index contributed by atoms with van der Waals surface area (Å²) >= 11 is 0. The third-order valence-corrected chi connectivity index (χ3v) is 3.00. The molecular weight excluding hydrogens is 242 g/mol. The van der Waals surface area contributed by atoms with E-state index in [0.717, 1.165) is 6.42 Å². The van der Waals surface area contributed by atoms with Gasteiger partial charge in [-0.3, -0.25) is 4.79 Å². The van der Waals surface area contributed by atoms with E-state index in [-0.39, 0.29) is 28.7 Å². The highest BCUT2D eigenvalue weighted by molar-refractivity contribution is 5.98. The number of benzene rings is 1. The molecule has 0 spiro atoms. The molecule has 0 heterocycles. The monoisotopic (exact) mass is 265 g/mol. The summed E-state index contributed by atoms with van der Waals surface area (Å²) in [6.45, 7) is 8.72. The first-order chi connectivity index (χ1) is 8.74. The molecule has 0 bridgehead atoms. The van der Waals surface area contributed by atoms with Gasteiger partial charge in [0.2, 0.25) is 0 Å². The highest BCUT2D eigenvalue weighted by atomic mass is 16.3. The molecule has 1 rings (SSSR count). The fourth-order valence-electron chi connectivity index (χ4n) is 1.76. The average molecular weight is 265 g/mol. The van der Waals surface area contributed by atoms with Crippen molar-refractivity contribution in [2.45, 2.75) is 39.7 Å². The molecule has 0 aliphatic carbocycles. The Balaban J connectivity index is 2.80. The number of ketones is 1. The van der Waals surface area contributed by atoms with E-state index in [2.05, 4.69) is 26.1 Å². The Hall–Kier alpha value is -1.55. The predicted octanol–water partition coefficient (Wildman–Crippen LogP) is 2.69. The Bertz CT molecular complexity index is 449. The number of nitrogens with one attached hydrogen (secondary N) is 1. The van der Waals surface area contributed by atoms with Gasteiger partial charge in [0.1, 0.15) is 0 Å². The first-order valence-corrected chi connectivity index (χ1v) is 6.56. The van der Waals surface area contributed by atoms with Gasteiger partial charge in [-0.05, 0) is 45.4 Å². The van der Waals surface area contributed by atoms with Crippen molar-refractivity contribution >= 4 is 5.78 Å². The van der Waals surface area contributed by atoms with Crippen LogP contribution in [0.2, 0.25) is 0 Å². The number of rotatable bonds is 5. The minimum absolute atomic E-state index is 0.0189. The molecule has 0 aromatic heterocycles. The van der Waals surface area contributed by atoms with Crippen LogP contribution in [0, 0.1) is 5.92 Å². The number of carbonyl (C=O) groups excluding carboxylic acids is 1. The van der Waals surface area contributed by atoms with E-state index in [0.29, 0.717) is 12.1 Å². The first kappa shape index (κ1) is 15.5. The maximum atomic E-state index is 12.3. The summed E-state index contributed by atoms with van der Waals surface area (Å²) in [6.07, 6.45) is 0.726. The van der Waals surface area contributed by atoms with Gasteiger partial charge >= 0.3 is 0 Å². The summed E-state index contributed by atoms with van der Waals surface area (Å²) in [5, 5.41) is 22.0. The summed E-state index contributed by atoms with van der Waals surface area (Å²) in [5.41, 5.74) is 0.392. The molecule has 0 aliphatic heterocycles. The third-order valence-electron chi connectivity index (χ3n) is 3.00. The Morgan fingerprint density at radius 1 is 1.26 bits per heavy atom. The van der Waals surface area contributed by atoms with E-state index in [4.69, 9.17) is 0 Å². The van der Waals surface area contributed by atoms with Crippen molar-refractivity contribution in [2.75, 3.05) is 6.54 Å². The molecule has 19 heavy (non-hydrogen) atoms. The van der Waals surface area contributed by atoms with Gasteiger partial charge in [-0.1, -0.05) is 6.92 Å². The van der Waals surface area contributed by atoms with E-state index < -0.39 is 0 Å². The molecule has 0 aliphatic rings. The van der Waals surface area contributed by atoms with Crippen LogP contribution in [0.1, 0.15) is 44.5 Å². The number of Topliss-reactive ketones (excluding diaryl/α,β-unsaturated/α-hetero) is 1. The molecule has 0 amide bonds. The predicted molar refractivity (Wildman–Crippen MR) is 75.6 cm³/mol. The molecule has 0 fully saturated rings. The number of carbonyl (C=O) groups is 1. The second kappa shape index (κ2) is 6.06. The van der Waals surface area contributed by atoms with Crippen LogP contribution in [0.4, 0.5) is 0 Å². The highest BCUT2D eigenvalue weighted by Crippen LogP contribution is 2.26. The topological polar surface area (TPSA) is 69.6 Å². The van der Waals surface area contributed by atoms with Crippen molar-refractivity contribution in [1.82, 2.24) is 5.32 Å². The second-order valence-corrected chi connectivity index (χ2v) is 5.80. The van der Waals surface area contributed by atoms with Crippen LogP contribution in [0.25, 0.3) is 0 Å². The lowest BCUT2D eigenvalue weighted by Gasteiger charge is -2.24. The normalized spacial score (nSPS) is 13.3. The lowest BCUT2D eigenvalue weighted by molar-refractivity contribution is 0.0910. The fourth-order valence-corrected chi connectivity index (χ4v) is 1.76. The quantitative estimate of drug-likeness (QED) is 0.565. The molecule has 4 heteroatoms. The third kappa shape index (κ3) is 4.56. The van der Waals surface area contributed by atoms with Crippen molar-refractivity contribution in [2.24, 2.45) is 5.92 Å². The van der Waals surface area contributed by atoms with E-state index in [1.54, 1.807) is 0 Å². The minimum Gasteiger partial charge on any atom is -0.504 e. The standard InChI is InChI=1S/C15H23NO3/c1-5-10(9-16-15(2,3)4)14(19)11-6-7-12(17)13(18)8-11/h6-8,10,16-18H,5,9H2,1-4H3. The zero-order valence-corrected chi connectivity index (χ0v) is 12.0. The van der Waals surface area contributed by atoms with E-state index >= 15 is 0 Å².